The Hall–Kier alpha value is -2.88. The molecule has 1 aliphatic rings. The number of carbonyl (C=O) groups excluding carboxylic acids is 2. The zero-order chi connectivity index (χ0) is 19.1. The summed E-state index contributed by atoms with van der Waals surface area (Å²) in [6.45, 7) is 2.09. The van der Waals surface area contributed by atoms with E-state index in [1.54, 1.807) is 0 Å². The lowest BCUT2D eigenvalue weighted by molar-refractivity contribution is -0.116. The highest BCUT2D eigenvalue weighted by Gasteiger charge is 2.37. The molecule has 140 valence electrons. The molecule has 0 saturated carbocycles. The molecule has 3 rings (SSSR count). The number of nitrogens with one attached hydrogen (secondary N) is 1. The van der Waals surface area contributed by atoms with E-state index in [0.29, 0.717) is 6.42 Å². The lowest BCUT2D eigenvalue weighted by Crippen LogP contribution is -2.48. The number of allylic oxidation sites excluding steroid dienone is 1. The second-order valence-corrected chi connectivity index (χ2v) is 7.29. The first-order chi connectivity index (χ1) is 13.1. The Morgan fingerprint density at radius 3 is 2.37 bits per heavy atom. The number of rotatable bonds is 6. The molecule has 0 aliphatic heterocycles. The molecule has 0 aromatic heterocycles. The van der Waals surface area contributed by atoms with Crippen LogP contribution in [0, 0.1) is 5.41 Å². The SMILES string of the molecule is C[C@@]1(C=O)CCC(Cc2ccccc2)=C[C@@H]1NC(=O)OCc1ccccc1. The van der Waals surface area contributed by atoms with Gasteiger partial charge in [-0.15, -0.1) is 0 Å². The molecule has 0 radical (unpaired) electrons. The van der Waals surface area contributed by atoms with E-state index in [0.717, 1.165) is 24.7 Å². The van der Waals surface area contributed by atoms with Gasteiger partial charge < -0.3 is 14.8 Å². The molecule has 2 aromatic carbocycles. The number of benzene rings is 2. The van der Waals surface area contributed by atoms with Crippen molar-refractivity contribution in [3.8, 4) is 0 Å². The normalized spacial score (nSPS) is 21.8. The van der Waals surface area contributed by atoms with Crippen LogP contribution in [0.3, 0.4) is 0 Å². The van der Waals surface area contributed by atoms with Gasteiger partial charge in [-0.3, -0.25) is 0 Å². The number of hydrogen-bond acceptors (Lipinski definition) is 3. The van der Waals surface area contributed by atoms with Crippen LogP contribution >= 0.6 is 0 Å². The van der Waals surface area contributed by atoms with Crippen molar-refractivity contribution in [1.29, 1.82) is 0 Å². The van der Waals surface area contributed by atoms with Gasteiger partial charge in [0.1, 0.15) is 12.9 Å². The van der Waals surface area contributed by atoms with Gasteiger partial charge in [-0.1, -0.05) is 79.2 Å². The topological polar surface area (TPSA) is 55.4 Å². The van der Waals surface area contributed by atoms with Crippen LogP contribution in [0.25, 0.3) is 0 Å². The lowest BCUT2D eigenvalue weighted by Gasteiger charge is -2.36. The van der Waals surface area contributed by atoms with Crippen molar-refractivity contribution >= 4 is 12.4 Å². The molecule has 1 aliphatic carbocycles. The van der Waals surface area contributed by atoms with E-state index < -0.39 is 11.5 Å². The molecular formula is C23H25NO3. The summed E-state index contributed by atoms with van der Waals surface area (Å²) in [5.41, 5.74) is 2.76. The molecule has 4 heteroatoms. The van der Waals surface area contributed by atoms with E-state index in [1.165, 1.54) is 11.1 Å². The molecule has 4 nitrogen and oxygen atoms in total. The number of amides is 1. The van der Waals surface area contributed by atoms with Gasteiger partial charge in [0.2, 0.25) is 0 Å². The first kappa shape index (κ1) is 18.9. The number of alkyl carbamates (subject to hydrolysis) is 1. The fraction of sp³-hybridized carbons (Fsp3) is 0.304. The van der Waals surface area contributed by atoms with Crippen molar-refractivity contribution in [3.63, 3.8) is 0 Å². The van der Waals surface area contributed by atoms with Crippen molar-refractivity contribution < 1.29 is 14.3 Å². The van der Waals surface area contributed by atoms with Gasteiger partial charge in [0.05, 0.1) is 6.04 Å². The third-order valence-corrected chi connectivity index (χ3v) is 5.13. The van der Waals surface area contributed by atoms with Gasteiger partial charge in [-0.2, -0.15) is 0 Å². The second kappa shape index (κ2) is 8.67. The average Bonchev–Trinajstić information content (AvgIpc) is 2.71. The largest absolute Gasteiger partial charge is 0.445 e. The van der Waals surface area contributed by atoms with Gasteiger partial charge in [-0.25, -0.2) is 4.79 Å². The Morgan fingerprint density at radius 2 is 1.74 bits per heavy atom. The van der Waals surface area contributed by atoms with E-state index in [2.05, 4.69) is 17.4 Å². The molecule has 0 unspecified atom stereocenters. The summed E-state index contributed by atoms with van der Waals surface area (Å²) in [6, 6.07) is 19.4. The maximum Gasteiger partial charge on any atom is 0.407 e. The van der Waals surface area contributed by atoms with Gasteiger partial charge in [0.15, 0.2) is 0 Å². The third kappa shape index (κ3) is 5.07. The average molecular weight is 363 g/mol. The molecule has 2 aromatic rings. The van der Waals surface area contributed by atoms with E-state index in [9.17, 15) is 9.59 Å². The molecular weight excluding hydrogens is 338 g/mol. The van der Waals surface area contributed by atoms with Crippen molar-refractivity contribution in [1.82, 2.24) is 5.32 Å². The van der Waals surface area contributed by atoms with Crippen LogP contribution in [-0.2, 0) is 22.6 Å². The van der Waals surface area contributed by atoms with Crippen LogP contribution in [-0.4, -0.2) is 18.4 Å². The fourth-order valence-electron chi connectivity index (χ4n) is 3.33. The van der Waals surface area contributed by atoms with Crippen LogP contribution in [0.2, 0.25) is 0 Å². The smallest absolute Gasteiger partial charge is 0.407 e. The van der Waals surface area contributed by atoms with Gasteiger partial charge >= 0.3 is 6.09 Å². The Bertz CT molecular complexity index is 801. The van der Waals surface area contributed by atoms with Crippen molar-refractivity contribution in [3.05, 3.63) is 83.4 Å². The third-order valence-electron chi connectivity index (χ3n) is 5.13. The Morgan fingerprint density at radius 1 is 1.11 bits per heavy atom. The van der Waals surface area contributed by atoms with E-state index >= 15 is 0 Å². The molecule has 0 bridgehead atoms. The summed E-state index contributed by atoms with van der Waals surface area (Å²) in [6.07, 6.45) is 4.85. The van der Waals surface area contributed by atoms with Crippen LogP contribution in [0.4, 0.5) is 4.79 Å². The molecule has 1 amide bonds. The Labute approximate surface area is 160 Å². The standard InChI is InChI=1S/C23H25NO3/c1-23(17-25)13-12-20(14-18-8-4-2-5-9-18)15-21(23)24-22(26)27-16-19-10-6-3-7-11-19/h2-11,15,17,21H,12-14,16H2,1H3,(H,24,26)/t21-,23-/m0/s1. The molecule has 0 saturated heterocycles. The van der Waals surface area contributed by atoms with Gasteiger partial charge in [0.25, 0.3) is 0 Å². The van der Waals surface area contributed by atoms with Gasteiger partial charge in [-0.05, 0) is 30.4 Å². The van der Waals surface area contributed by atoms with Crippen molar-refractivity contribution in [2.75, 3.05) is 0 Å². The first-order valence-electron chi connectivity index (χ1n) is 9.26. The zero-order valence-electron chi connectivity index (χ0n) is 15.6. The zero-order valence-corrected chi connectivity index (χ0v) is 15.6. The maximum atomic E-state index is 12.3. The highest BCUT2D eigenvalue weighted by atomic mass is 16.5. The monoisotopic (exact) mass is 363 g/mol. The van der Waals surface area contributed by atoms with E-state index in [-0.39, 0.29) is 12.6 Å². The number of hydrogen-bond donors (Lipinski definition) is 1. The highest BCUT2D eigenvalue weighted by Crippen LogP contribution is 2.34. The highest BCUT2D eigenvalue weighted by molar-refractivity contribution is 5.71. The van der Waals surface area contributed by atoms with Gasteiger partial charge in [0, 0.05) is 5.41 Å². The molecule has 1 N–H and O–H groups in total. The second-order valence-electron chi connectivity index (χ2n) is 7.29. The minimum absolute atomic E-state index is 0.206. The van der Waals surface area contributed by atoms with Crippen LogP contribution in [0.5, 0.6) is 0 Å². The number of aldehydes is 1. The lowest BCUT2D eigenvalue weighted by atomic mass is 9.73. The molecule has 0 fully saturated rings. The summed E-state index contributed by atoms with van der Waals surface area (Å²) < 4.78 is 5.33. The summed E-state index contributed by atoms with van der Waals surface area (Å²) in [4.78, 5) is 24.0. The quantitative estimate of drug-likeness (QED) is 0.609. The summed E-state index contributed by atoms with van der Waals surface area (Å²) in [5, 5.41) is 2.88. The summed E-state index contributed by atoms with van der Waals surface area (Å²) in [7, 11) is 0. The molecule has 0 heterocycles. The predicted octanol–water partition coefficient (Wildman–Crippen LogP) is 4.45. The van der Waals surface area contributed by atoms with E-state index in [4.69, 9.17) is 4.74 Å². The predicted molar refractivity (Wildman–Crippen MR) is 105 cm³/mol. The van der Waals surface area contributed by atoms with E-state index in [1.807, 2.05) is 61.5 Å². The number of carbonyl (C=O) groups is 2. The summed E-state index contributed by atoms with van der Waals surface area (Å²) >= 11 is 0. The van der Waals surface area contributed by atoms with Crippen molar-refractivity contribution in [2.45, 2.75) is 38.8 Å². The molecule has 2 atom stereocenters. The number of ether oxygens (including phenoxy) is 1. The Kier molecular flexibility index (Phi) is 6.07. The van der Waals surface area contributed by atoms with Crippen molar-refractivity contribution in [2.24, 2.45) is 5.41 Å². The Balaban J connectivity index is 1.66. The van der Waals surface area contributed by atoms with Crippen LogP contribution in [0.15, 0.2) is 72.3 Å². The first-order valence-corrected chi connectivity index (χ1v) is 9.26. The van der Waals surface area contributed by atoms with Crippen LogP contribution < -0.4 is 5.32 Å². The minimum atomic E-state index is -0.619. The fourth-order valence-corrected chi connectivity index (χ4v) is 3.33. The summed E-state index contributed by atoms with van der Waals surface area (Å²) in [5.74, 6) is 0. The van der Waals surface area contributed by atoms with Crippen LogP contribution in [0.1, 0.15) is 30.9 Å². The molecule has 0 spiro atoms. The molecule has 27 heavy (non-hydrogen) atoms. The minimum Gasteiger partial charge on any atom is -0.445 e. The maximum absolute atomic E-state index is 12.3.